The first-order chi connectivity index (χ1) is 15.2. The number of para-hydroxylation sites is 1. The van der Waals surface area contributed by atoms with Gasteiger partial charge in [0.05, 0.1) is 7.11 Å². The van der Waals surface area contributed by atoms with Crippen LogP contribution in [-0.2, 0) is 6.54 Å². The highest BCUT2D eigenvalue weighted by atomic mass is 16.5. The molecule has 0 saturated carbocycles. The second kappa shape index (κ2) is 10.5. The van der Waals surface area contributed by atoms with Gasteiger partial charge in [-0.2, -0.15) is 0 Å². The highest BCUT2D eigenvalue weighted by Crippen LogP contribution is 2.26. The Balaban J connectivity index is 1.34. The lowest BCUT2D eigenvalue weighted by atomic mass is 9.98. The molecule has 31 heavy (non-hydrogen) atoms. The summed E-state index contributed by atoms with van der Waals surface area (Å²) in [6.07, 6.45) is 3.28. The van der Waals surface area contributed by atoms with Crippen LogP contribution in [0.15, 0.2) is 48.5 Å². The lowest BCUT2D eigenvalue weighted by Crippen LogP contribution is -2.57. The molecule has 2 aromatic rings. The predicted octanol–water partition coefficient (Wildman–Crippen LogP) is 3.54. The number of aliphatic hydroxyl groups is 1. The van der Waals surface area contributed by atoms with Crippen molar-refractivity contribution in [3.63, 3.8) is 0 Å². The van der Waals surface area contributed by atoms with Gasteiger partial charge in [0.15, 0.2) is 0 Å². The Hall–Kier alpha value is -2.08. The van der Waals surface area contributed by atoms with Crippen molar-refractivity contribution in [2.24, 2.45) is 0 Å². The van der Waals surface area contributed by atoms with E-state index in [1.165, 1.54) is 29.7 Å². The van der Waals surface area contributed by atoms with E-state index in [1.54, 1.807) is 7.11 Å². The lowest BCUT2D eigenvalue weighted by molar-refractivity contribution is 0.0254. The molecule has 2 aliphatic heterocycles. The third kappa shape index (κ3) is 5.40. The molecule has 5 nitrogen and oxygen atoms in total. The van der Waals surface area contributed by atoms with Crippen LogP contribution in [0.3, 0.4) is 0 Å². The van der Waals surface area contributed by atoms with Gasteiger partial charge in [0.25, 0.3) is 0 Å². The fourth-order valence-electron chi connectivity index (χ4n) is 5.28. The minimum absolute atomic E-state index is 0.253. The molecule has 1 atom stereocenters. The Morgan fingerprint density at radius 3 is 2.45 bits per heavy atom. The van der Waals surface area contributed by atoms with Gasteiger partial charge in [-0.05, 0) is 55.5 Å². The van der Waals surface area contributed by atoms with Crippen molar-refractivity contribution < 1.29 is 9.84 Å². The molecule has 168 valence electrons. The van der Waals surface area contributed by atoms with Crippen LogP contribution < -0.4 is 9.64 Å². The largest absolute Gasteiger partial charge is 0.496 e. The van der Waals surface area contributed by atoms with Crippen molar-refractivity contribution in [1.29, 1.82) is 0 Å². The molecule has 0 bridgehead atoms. The fraction of sp³-hybridized carbons (Fsp3) is 0.538. The summed E-state index contributed by atoms with van der Waals surface area (Å²) in [6.45, 7) is 8.80. The van der Waals surface area contributed by atoms with Crippen molar-refractivity contribution >= 4 is 5.69 Å². The van der Waals surface area contributed by atoms with E-state index in [1.807, 2.05) is 0 Å². The number of aliphatic hydroxyl groups excluding tert-OH is 1. The summed E-state index contributed by atoms with van der Waals surface area (Å²) in [4.78, 5) is 7.77. The Labute approximate surface area is 187 Å². The zero-order valence-electron chi connectivity index (χ0n) is 19.0. The minimum atomic E-state index is 0.253. The van der Waals surface area contributed by atoms with E-state index in [2.05, 4.69) is 70.2 Å². The Bertz CT molecular complexity index is 821. The monoisotopic (exact) mass is 423 g/mol. The van der Waals surface area contributed by atoms with Crippen LogP contribution >= 0.6 is 0 Å². The van der Waals surface area contributed by atoms with Gasteiger partial charge in [-0.1, -0.05) is 30.3 Å². The molecule has 4 rings (SSSR count). The highest BCUT2D eigenvalue weighted by Gasteiger charge is 2.32. The minimum Gasteiger partial charge on any atom is -0.496 e. The predicted molar refractivity (Wildman–Crippen MR) is 127 cm³/mol. The topological polar surface area (TPSA) is 39.2 Å². The molecule has 2 aliphatic rings. The Morgan fingerprint density at radius 1 is 1.00 bits per heavy atom. The van der Waals surface area contributed by atoms with Crippen molar-refractivity contribution in [3.05, 3.63) is 59.7 Å². The maximum absolute atomic E-state index is 9.70. The molecule has 2 aromatic carbocycles. The maximum Gasteiger partial charge on any atom is 0.121 e. The van der Waals surface area contributed by atoms with E-state index < -0.39 is 0 Å². The number of benzene rings is 2. The number of rotatable bonds is 7. The molecule has 0 spiro atoms. The molecule has 0 aliphatic carbocycles. The number of hydrogen-bond acceptors (Lipinski definition) is 5. The molecule has 0 radical (unpaired) electrons. The molecular formula is C26H37N3O2. The number of methoxy groups -OCH3 is 1. The number of piperidine rings is 1. The molecule has 0 aromatic heterocycles. The van der Waals surface area contributed by atoms with Gasteiger partial charge < -0.3 is 14.7 Å². The molecule has 2 fully saturated rings. The van der Waals surface area contributed by atoms with E-state index in [9.17, 15) is 5.11 Å². The highest BCUT2D eigenvalue weighted by molar-refractivity contribution is 5.46. The molecule has 2 saturated heterocycles. The smallest absolute Gasteiger partial charge is 0.121 e. The second-order valence-electron chi connectivity index (χ2n) is 8.99. The fourth-order valence-corrected chi connectivity index (χ4v) is 5.28. The van der Waals surface area contributed by atoms with Crippen LogP contribution in [0.5, 0.6) is 5.75 Å². The quantitative estimate of drug-likeness (QED) is 0.738. The summed E-state index contributed by atoms with van der Waals surface area (Å²) in [5.41, 5.74) is 3.85. The summed E-state index contributed by atoms with van der Waals surface area (Å²) in [6, 6.07) is 18.3. The SMILES string of the molecule is COc1ccc(CN2CCN(C3CCN(c4ccccc4)CC3)C[C@H]2CCO)cc1C. The summed E-state index contributed by atoms with van der Waals surface area (Å²) >= 11 is 0. The first-order valence-electron chi connectivity index (χ1n) is 11.7. The standard InChI is InChI=1S/C26H37N3O2/c1-21-18-22(8-9-26(21)31-2)19-28-15-16-29(20-25(28)12-17-30)24-10-13-27(14-11-24)23-6-4-3-5-7-23/h3-9,18,24-25,30H,10-17,19-20H2,1-2H3/t25-/m1/s1. The lowest BCUT2D eigenvalue weighted by Gasteiger charge is -2.47. The number of nitrogens with zero attached hydrogens (tertiary/aromatic N) is 3. The van der Waals surface area contributed by atoms with Crippen molar-refractivity contribution in [1.82, 2.24) is 9.80 Å². The van der Waals surface area contributed by atoms with Crippen LogP contribution in [0.1, 0.15) is 30.4 Å². The van der Waals surface area contributed by atoms with Gasteiger partial charge in [0.1, 0.15) is 5.75 Å². The van der Waals surface area contributed by atoms with Crippen LogP contribution in [0.2, 0.25) is 0 Å². The number of aryl methyl sites for hydroxylation is 1. The van der Waals surface area contributed by atoms with Crippen LogP contribution in [0.4, 0.5) is 5.69 Å². The number of ether oxygens (including phenoxy) is 1. The van der Waals surface area contributed by atoms with E-state index in [-0.39, 0.29) is 6.61 Å². The van der Waals surface area contributed by atoms with Crippen molar-refractivity contribution in [2.75, 3.05) is 51.3 Å². The number of hydrogen-bond donors (Lipinski definition) is 1. The van der Waals surface area contributed by atoms with Crippen LogP contribution in [0.25, 0.3) is 0 Å². The van der Waals surface area contributed by atoms with Gasteiger partial charge in [-0.3, -0.25) is 9.80 Å². The molecule has 1 N–H and O–H groups in total. The maximum atomic E-state index is 9.70. The van der Waals surface area contributed by atoms with Crippen LogP contribution in [-0.4, -0.2) is 73.4 Å². The zero-order chi connectivity index (χ0) is 21.6. The van der Waals surface area contributed by atoms with Crippen LogP contribution in [0, 0.1) is 6.92 Å². The van der Waals surface area contributed by atoms with Gasteiger partial charge in [-0.25, -0.2) is 0 Å². The molecule has 2 heterocycles. The molecule has 5 heteroatoms. The van der Waals surface area contributed by atoms with Gasteiger partial charge >= 0.3 is 0 Å². The third-order valence-electron chi connectivity index (χ3n) is 7.05. The Kier molecular flexibility index (Phi) is 7.49. The first kappa shape index (κ1) is 22.1. The third-order valence-corrected chi connectivity index (χ3v) is 7.05. The van der Waals surface area contributed by atoms with E-state index >= 15 is 0 Å². The van der Waals surface area contributed by atoms with Crippen molar-refractivity contribution in [3.8, 4) is 5.75 Å². The van der Waals surface area contributed by atoms with E-state index in [4.69, 9.17) is 4.74 Å². The summed E-state index contributed by atoms with van der Waals surface area (Å²) < 4.78 is 5.41. The number of anilines is 1. The van der Waals surface area contributed by atoms with Gasteiger partial charge in [0.2, 0.25) is 0 Å². The second-order valence-corrected chi connectivity index (χ2v) is 8.99. The average molecular weight is 424 g/mol. The number of piperazine rings is 1. The van der Waals surface area contributed by atoms with E-state index in [0.717, 1.165) is 51.4 Å². The summed E-state index contributed by atoms with van der Waals surface area (Å²) in [5.74, 6) is 0.947. The molecule has 0 amide bonds. The van der Waals surface area contributed by atoms with Gasteiger partial charge in [0, 0.05) is 63.6 Å². The summed E-state index contributed by atoms with van der Waals surface area (Å²) in [5, 5.41) is 9.70. The Morgan fingerprint density at radius 2 is 1.77 bits per heavy atom. The van der Waals surface area contributed by atoms with Gasteiger partial charge in [-0.15, -0.1) is 0 Å². The molecular weight excluding hydrogens is 386 g/mol. The first-order valence-corrected chi connectivity index (χ1v) is 11.7. The normalized spacial score (nSPS) is 21.4. The molecule has 0 unspecified atom stereocenters. The average Bonchev–Trinajstić information content (AvgIpc) is 2.81. The summed E-state index contributed by atoms with van der Waals surface area (Å²) in [7, 11) is 1.73. The van der Waals surface area contributed by atoms with E-state index in [0.29, 0.717) is 12.1 Å². The zero-order valence-corrected chi connectivity index (χ0v) is 19.0. The van der Waals surface area contributed by atoms with Crippen molar-refractivity contribution in [2.45, 2.75) is 44.8 Å².